The number of alkyl halides is 2. The van der Waals surface area contributed by atoms with Crippen LogP contribution in [0, 0.1) is 10.1 Å². The fourth-order valence-electron chi connectivity index (χ4n) is 1.38. The number of hydrogen-bond acceptors (Lipinski definition) is 5. The molecule has 1 aromatic carbocycles. The summed E-state index contributed by atoms with van der Waals surface area (Å²) >= 11 is 0. The SMILES string of the molecule is CCOc1cc([N+](=O)[O-])cc(S(=O)(=O)Cl)c1C(F)F. The largest absolute Gasteiger partial charge is 0.493 e. The zero-order valence-electron chi connectivity index (χ0n) is 9.47. The monoisotopic (exact) mass is 315 g/mol. The van der Waals surface area contributed by atoms with E-state index in [4.69, 9.17) is 15.4 Å². The Morgan fingerprint density at radius 1 is 1.47 bits per heavy atom. The summed E-state index contributed by atoms with van der Waals surface area (Å²) in [7, 11) is 0.450. The first-order chi connectivity index (χ1) is 8.68. The highest BCUT2D eigenvalue weighted by Crippen LogP contribution is 2.39. The van der Waals surface area contributed by atoms with Crippen molar-refractivity contribution in [2.45, 2.75) is 18.2 Å². The van der Waals surface area contributed by atoms with Gasteiger partial charge in [0.2, 0.25) is 0 Å². The molecule has 6 nitrogen and oxygen atoms in total. The summed E-state index contributed by atoms with van der Waals surface area (Å²) in [6.45, 7) is 1.39. The number of ether oxygens (including phenoxy) is 1. The zero-order valence-corrected chi connectivity index (χ0v) is 11.0. The Morgan fingerprint density at radius 3 is 2.42 bits per heavy atom. The van der Waals surface area contributed by atoms with Gasteiger partial charge in [0, 0.05) is 16.7 Å². The summed E-state index contributed by atoms with van der Waals surface area (Å²) in [4.78, 5) is 8.69. The quantitative estimate of drug-likeness (QED) is 0.473. The van der Waals surface area contributed by atoms with Crippen molar-refractivity contribution in [3.05, 3.63) is 27.8 Å². The van der Waals surface area contributed by atoms with Crippen LogP contribution in [0.1, 0.15) is 18.9 Å². The van der Waals surface area contributed by atoms with Gasteiger partial charge in [0.25, 0.3) is 21.2 Å². The number of nitrogens with zero attached hydrogens (tertiary/aromatic N) is 1. The number of non-ortho nitro benzene ring substituents is 1. The highest BCUT2D eigenvalue weighted by molar-refractivity contribution is 8.13. The molecule has 0 aromatic heterocycles. The van der Waals surface area contributed by atoms with Crippen molar-refractivity contribution in [3.63, 3.8) is 0 Å². The summed E-state index contributed by atoms with van der Waals surface area (Å²) in [5, 5.41) is 10.6. The van der Waals surface area contributed by atoms with Gasteiger partial charge < -0.3 is 4.74 Å². The van der Waals surface area contributed by atoms with Gasteiger partial charge in [-0.3, -0.25) is 10.1 Å². The predicted octanol–water partition coefficient (Wildman–Crippen LogP) is 2.86. The lowest BCUT2D eigenvalue weighted by molar-refractivity contribution is -0.385. The van der Waals surface area contributed by atoms with Gasteiger partial charge in [0.1, 0.15) is 10.6 Å². The normalized spacial score (nSPS) is 11.6. The van der Waals surface area contributed by atoms with E-state index in [-0.39, 0.29) is 6.61 Å². The minimum atomic E-state index is -4.57. The fourth-order valence-corrected chi connectivity index (χ4v) is 2.48. The molecule has 0 amide bonds. The average Bonchev–Trinajstić information content (AvgIpc) is 2.26. The number of nitro groups is 1. The molecule has 0 heterocycles. The molecule has 106 valence electrons. The maximum Gasteiger partial charge on any atom is 0.274 e. The first-order valence-electron chi connectivity index (χ1n) is 4.86. The Morgan fingerprint density at radius 2 is 2.05 bits per heavy atom. The molecule has 0 unspecified atom stereocenters. The third kappa shape index (κ3) is 3.51. The fraction of sp³-hybridized carbons (Fsp3) is 0.333. The van der Waals surface area contributed by atoms with E-state index in [2.05, 4.69) is 0 Å². The van der Waals surface area contributed by atoms with Crippen LogP contribution < -0.4 is 4.74 Å². The maximum absolute atomic E-state index is 12.9. The van der Waals surface area contributed by atoms with Gasteiger partial charge in [-0.15, -0.1) is 0 Å². The van der Waals surface area contributed by atoms with Crippen molar-refractivity contribution in [2.24, 2.45) is 0 Å². The van der Waals surface area contributed by atoms with Crippen LogP contribution in [0.4, 0.5) is 14.5 Å². The van der Waals surface area contributed by atoms with E-state index in [1.807, 2.05) is 0 Å². The van der Waals surface area contributed by atoms with Crippen LogP contribution in [0.3, 0.4) is 0 Å². The highest BCUT2D eigenvalue weighted by atomic mass is 35.7. The lowest BCUT2D eigenvalue weighted by atomic mass is 10.2. The molecule has 1 rings (SSSR count). The highest BCUT2D eigenvalue weighted by Gasteiger charge is 2.29. The molecular weight excluding hydrogens is 308 g/mol. The second-order valence-corrected chi connectivity index (χ2v) is 5.82. The number of nitro benzene ring substituents is 1. The van der Waals surface area contributed by atoms with Gasteiger partial charge in [-0.25, -0.2) is 17.2 Å². The molecule has 0 aliphatic carbocycles. The predicted molar refractivity (Wildman–Crippen MR) is 62.3 cm³/mol. The number of rotatable bonds is 5. The summed E-state index contributed by atoms with van der Waals surface area (Å²) in [6, 6.07) is 1.21. The molecule has 1 aromatic rings. The van der Waals surface area contributed by atoms with Gasteiger partial charge in [0.05, 0.1) is 23.2 Å². The Labute approximate surface area is 111 Å². The Balaban J connectivity index is 3.70. The minimum absolute atomic E-state index is 0.0668. The Kier molecular flexibility index (Phi) is 4.64. The molecule has 10 heteroatoms. The Bertz CT molecular complexity index is 605. The molecule has 0 aliphatic rings. The molecular formula is C9H8ClF2NO5S. The molecule has 0 radical (unpaired) electrons. The zero-order chi connectivity index (χ0) is 14.8. The molecule has 0 bridgehead atoms. The average molecular weight is 316 g/mol. The van der Waals surface area contributed by atoms with Gasteiger partial charge in [-0.2, -0.15) is 0 Å². The maximum atomic E-state index is 12.9. The first-order valence-corrected chi connectivity index (χ1v) is 7.17. The van der Waals surface area contributed by atoms with Crippen molar-refractivity contribution in [3.8, 4) is 5.75 Å². The van der Waals surface area contributed by atoms with Gasteiger partial charge >= 0.3 is 0 Å². The van der Waals surface area contributed by atoms with Gasteiger partial charge in [-0.05, 0) is 6.92 Å². The summed E-state index contributed by atoms with van der Waals surface area (Å²) in [6.07, 6.45) is -3.20. The lowest BCUT2D eigenvalue weighted by Crippen LogP contribution is -2.05. The third-order valence-corrected chi connectivity index (χ3v) is 3.44. The van der Waals surface area contributed by atoms with E-state index >= 15 is 0 Å². The second kappa shape index (κ2) is 5.66. The molecule has 0 aliphatic heterocycles. The summed E-state index contributed by atoms with van der Waals surface area (Å²) in [5.41, 5.74) is -1.69. The van der Waals surface area contributed by atoms with E-state index < -0.39 is 42.3 Å². The minimum Gasteiger partial charge on any atom is -0.493 e. The van der Waals surface area contributed by atoms with Crippen molar-refractivity contribution in [2.75, 3.05) is 6.61 Å². The number of hydrogen-bond donors (Lipinski definition) is 0. The lowest BCUT2D eigenvalue weighted by Gasteiger charge is -2.12. The van der Waals surface area contributed by atoms with E-state index in [0.29, 0.717) is 6.07 Å². The molecule has 19 heavy (non-hydrogen) atoms. The van der Waals surface area contributed by atoms with E-state index in [9.17, 15) is 27.3 Å². The standard InChI is InChI=1S/C9H8ClF2NO5S/c1-2-18-6-3-5(13(14)15)4-7(19(10,16)17)8(6)9(11)12/h3-4,9H,2H2,1H3. The van der Waals surface area contributed by atoms with E-state index in [1.54, 1.807) is 0 Å². The van der Waals surface area contributed by atoms with Crippen LogP contribution >= 0.6 is 10.7 Å². The van der Waals surface area contributed by atoms with Crippen LogP contribution in [-0.4, -0.2) is 19.9 Å². The van der Waals surface area contributed by atoms with Crippen LogP contribution in [0.15, 0.2) is 17.0 Å². The van der Waals surface area contributed by atoms with E-state index in [0.717, 1.165) is 6.07 Å². The summed E-state index contributed by atoms with van der Waals surface area (Å²) in [5.74, 6) is -0.578. The van der Waals surface area contributed by atoms with Crippen LogP contribution in [0.2, 0.25) is 0 Å². The van der Waals surface area contributed by atoms with Crippen molar-refractivity contribution < 1.29 is 26.9 Å². The smallest absolute Gasteiger partial charge is 0.274 e. The molecule has 0 atom stereocenters. The van der Waals surface area contributed by atoms with Crippen LogP contribution in [0.25, 0.3) is 0 Å². The topological polar surface area (TPSA) is 86.5 Å². The van der Waals surface area contributed by atoms with Gasteiger partial charge in [-0.1, -0.05) is 0 Å². The first kappa shape index (κ1) is 15.6. The number of benzene rings is 1. The van der Waals surface area contributed by atoms with Crippen LogP contribution in [-0.2, 0) is 9.05 Å². The molecule has 0 N–H and O–H groups in total. The second-order valence-electron chi connectivity index (χ2n) is 3.28. The van der Waals surface area contributed by atoms with Crippen molar-refractivity contribution in [1.82, 2.24) is 0 Å². The van der Waals surface area contributed by atoms with Crippen molar-refractivity contribution in [1.29, 1.82) is 0 Å². The molecule has 0 saturated heterocycles. The van der Waals surface area contributed by atoms with Crippen molar-refractivity contribution >= 4 is 25.4 Å². The molecule has 0 saturated carbocycles. The molecule has 0 spiro atoms. The molecule has 0 fully saturated rings. The Hall–Kier alpha value is -1.48. The third-order valence-electron chi connectivity index (χ3n) is 2.08. The van der Waals surface area contributed by atoms with E-state index in [1.165, 1.54) is 6.92 Å². The van der Waals surface area contributed by atoms with Gasteiger partial charge in [0.15, 0.2) is 0 Å². The summed E-state index contributed by atoms with van der Waals surface area (Å²) < 4.78 is 53.1. The number of halogens is 3. The van der Waals surface area contributed by atoms with Crippen LogP contribution in [0.5, 0.6) is 5.75 Å².